The van der Waals surface area contributed by atoms with Crippen molar-refractivity contribution in [2.24, 2.45) is 0 Å². The maximum atomic E-state index is 10.8. The number of fused-ring (bicyclic) bond motifs is 1. The molecule has 82 valence electrons. The first-order valence-corrected chi connectivity index (χ1v) is 4.68. The van der Waals surface area contributed by atoms with E-state index in [4.69, 9.17) is 4.74 Å². The molecule has 0 radical (unpaired) electrons. The Morgan fingerprint density at radius 2 is 2.25 bits per heavy atom. The second-order valence-electron chi connectivity index (χ2n) is 3.27. The zero-order valence-corrected chi connectivity index (χ0v) is 8.64. The number of H-pyrrole nitrogens is 1. The number of para-hydroxylation sites is 1. The Kier molecular flexibility index (Phi) is 2.59. The first-order valence-electron chi connectivity index (χ1n) is 4.68. The lowest BCUT2D eigenvalue weighted by atomic mass is 10.2. The summed E-state index contributed by atoms with van der Waals surface area (Å²) in [7, 11) is 1.38. The van der Waals surface area contributed by atoms with Crippen molar-refractivity contribution < 1.29 is 9.66 Å². The van der Waals surface area contributed by atoms with Crippen LogP contribution in [0.1, 0.15) is 5.69 Å². The fraction of sp³-hybridized carbons (Fsp3) is 0.0909. The number of rotatable bonds is 3. The molecule has 16 heavy (non-hydrogen) atoms. The molecule has 0 saturated carbocycles. The zero-order chi connectivity index (χ0) is 11.5. The van der Waals surface area contributed by atoms with E-state index in [1.165, 1.54) is 7.11 Å². The summed E-state index contributed by atoms with van der Waals surface area (Å²) in [4.78, 5) is 13.3. The number of aromatic amines is 1. The topological polar surface area (TPSA) is 68.2 Å². The van der Waals surface area contributed by atoms with Gasteiger partial charge in [0.2, 0.25) is 0 Å². The van der Waals surface area contributed by atoms with E-state index in [0.717, 1.165) is 17.2 Å². The molecule has 0 bridgehead atoms. The van der Waals surface area contributed by atoms with Gasteiger partial charge in [0.15, 0.2) is 6.26 Å². The van der Waals surface area contributed by atoms with E-state index in [-0.39, 0.29) is 5.70 Å². The number of ether oxygens (including phenoxy) is 1. The second kappa shape index (κ2) is 4.06. The molecule has 2 aromatic rings. The van der Waals surface area contributed by atoms with Crippen LogP contribution in [0.25, 0.3) is 16.6 Å². The predicted molar refractivity (Wildman–Crippen MR) is 60.3 cm³/mol. The van der Waals surface area contributed by atoms with Gasteiger partial charge in [-0.3, -0.25) is 10.1 Å². The van der Waals surface area contributed by atoms with E-state index in [0.29, 0.717) is 5.69 Å². The highest BCUT2D eigenvalue weighted by molar-refractivity contribution is 5.83. The van der Waals surface area contributed by atoms with Gasteiger partial charge >= 0.3 is 5.70 Å². The lowest BCUT2D eigenvalue weighted by Crippen LogP contribution is -1.98. The molecule has 5 nitrogen and oxygen atoms in total. The smallest absolute Gasteiger partial charge is 0.326 e. The van der Waals surface area contributed by atoms with Crippen molar-refractivity contribution in [2.45, 2.75) is 0 Å². The Morgan fingerprint density at radius 1 is 1.50 bits per heavy atom. The fourth-order valence-corrected chi connectivity index (χ4v) is 1.53. The second-order valence-corrected chi connectivity index (χ2v) is 3.27. The Balaban J connectivity index is 2.53. The molecule has 0 spiro atoms. The van der Waals surface area contributed by atoms with Crippen molar-refractivity contribution in [3.05, 3.63) is 52.4 Å². The number of benzene rings is 1. The highest BCUT2D eigenvalue weighted by Gasteiger charge is 2.17. The molecule has 0 aliphatic heterocycles. The molecule has 0 fully saturated rings. The van der Waals surface area contributed by atoms with Crippen LogP contribution in [-0.4, -0.2) is 17.0 Å². The van der Waals surface area contributed by atoms with Crippen LogP contribution in [0.3, 0.4) is 0 Å². The van der Waals surface area contributed by atoms with Crippen LogP contribution >= 0.6 is 0 Å². The van der Waals surface area contributed by atoms with Gasteiger partial charge in [0.25, 0.3) is 0 Å². The highest BCUT2D eigenvalue weighted by Crippen LogP contribution is 2.20. The first-order chi connectivity index (χ1) is 7.72. The van der Waals surface area contributed by atoms with E-state index < -0.39 is 4.92 Å². The molecule has 0 atom stereocenters. The largest absolute Gasteiger partial charge is 0.497 e. The number of methoxy groups -OCH3 is 1. The molecule has 0 unspecified atom stereocenters. The van der Waals surface area contributed by atoms with Crippen LogP contribution in [0.4, 0.5) is 0 Å². The van der Waals surface area contributed by atoms with E-state index in [1.54, 1.807) is 6.07 Å². The highest BCUT2D eigenvalue weighted by atomic mass is 16.6. The molecule has 0 amide bonds. The minimum Gasteiger partial charge on any atom is -0.497 e. The third-order valence-electron chi connectivity index (χ3n) is 2.23. The fourth-order valence-electron chi connectivity index (χ4n) is 1.53. The predicted octanol–water partition coefficient (Wildman–Crippen LogP) is 2.39. The van der Waals surface area contributed by atoms with E-state index in [9.17, 15) is 10.1 Å². The summed E-state index contributed by atoms with van der Waals surface area (Å²) < 4.78 is 4.69. The molecule has 1 aromatic carbocycles. The number of nitrogens with zero attached hydrogens (tertiary/aromatic N) is 1. The van der Waals surface area contributed by atoms with Crippen molar-refractivity contribution in [3.8, 4) is 0 Å². The quantitative estimate of drug-likeness (QED) is 0.488. The zero-order valence-electron chi connectivity index (χ0n) is 8.64. The van der Waals surface area contributed by atoms with Crippen molar-refractivity contribution in [1.29, 1.82) is 0 Å². The van der Waals surface area contributed by atoms with Crippen LogP contribution in [-0.2, 0) is 4.74 Å². The van der Waals surface area contributed by atoms with Gasteiger partial charge in [0, 0.05) is 10.9 Å². The number of hydrogen-bond acceptors (Lipinski definition) is 3. The number of nitro groups is 1. The third kappa shape index (κ3) is 1.75. The van der Waals surface area contributed by atoms with Gasteiger partial charge in [0.05, 0.1) is 12.0 Å². The molecule has 0 saturated heterocycles. The number of nitrogens with one attached hydrogen (secondary N) is 1. The molecule has 0 aliphatic rings. The van der Waals surface area contributed by atoms with Crippen LogP contribution < -0.4 is 0 Å². The van der Waals surface area contributed by atoms with Crippen LogP contribution in [0.15, 0.2) is 36.6 Å². The van der Waals surface area contributed by atoms with Gasteiger partial charge in [-0.25, -0.2) is 0 Å². The Hall–Kier alpha value is -2.30. The van der Waals surface area contributed by atoms with Crippen LogP contribution in [0, 0.1) is 10.1 Å². The van der Waals surface area contributed by atoms with E-state index in [2.05, 4.69) is 4.98 Å². The van der Waals surface area contributed by atoms with Crippen molar-refractivity contribution in [3.63, 3.8) is 0 Å². The van der Waals surface area contributed by atoms with Gasteiger partial charge in [-0.15, -0.1) is 0 Å². The maximum absolute atomic E-state index is 10.8. The Bertz CT molecular complexity index is 524. The van der Waals surface area contributed by atoms with Gasteiger partial charge in [-0.2, -0.15) is 0 Å². The number of aromatic nitrogens is 1. The summed E-state index contributed by atoms with van der Waals surface area (Å²) in [5.41, 5.74) is 1.22. The Labute approximate surface area is 91.5 Å². The van der Waals surface area contributed by atoms with E-state index in [1.807, 2.05) is 24.3 Å². The average molecular weight is 218 g/mol. The summed E-state index contributed by atoms with van der Waals surface area (Å²) in [6.07, 6.45) is 1.12. The summed E-state index contributed by atoms with van der Waals surface area (Å²) >= 11 is 0. The monoisotopic (exact) mass is 218 g/mol. The van der Waals surface area contributed by atoms with Crippen LogP contribution in [0.2, 0.25) is 0 Å². The van der Waals surface area contributed by atoms with E-state index >= 15 is 0 Å². The normalized spacial score (nSPS) is 11.7. The average Bonchev–Trinajstić information content (AvgIpc) is 2.68. The van der Waals surface area contributed by atoms with Crippen molar-refractivity contribution in [2.75, 3.05) is 7.11 Å². The van der Waals surface area contributed by atoms with Gasteiger partial charge in [-0.1, -0.05) is 18.2 Å². The van der Waals surface area contributed by atoms with Crippen molar-refractivity contribution >= 4 is 16.6 Å². The standard InChI is InChI=1S/C11H10N2O3/c1-16-7-11(13(14)15)10-6-8-4-2-3-5-9(8)12-10/h2-7,12H,1H3. The van der Waals surface area contributed by atoms with Crippen molar-refractivity contribution in [1.82, 2.24) is 4.98 Å². The SMILES string of the molecule is COC=C(c1cc2ccccc2[nH]1)[N+](=O)[O-]. The molecule has 1 heterocycles. The Morgan fingerprint density at radius 3 is 2.88 bits per heavy atom. The molecular formula is C11H10N2O3. The summed E-state index contributed by atoms with van der Waals surface area (Å²) in [6, 6.07) is 9.23. The summed E-state index contributed by atoms with van der Waals surface area (Å²) in [5, 5.41) is 11.7. The lowest BCUT2D eigenvalue weighted by Gasteiger charge is -1.94. The molecule has 1 aromatic heterocycles. The minimum absolute atomic E-state index is 0.0845. The van der Waals surface area contributed by atoms with Gasteiger partial charge in [-0.05, 0) is 12.1 Å². The molecule has 5 heteroatoms. The van der Waals surface area contributed by atoms with Gasteiger partial charge in [0.1, 0.15) is 5.69 Å². The number of hydrogen-bond donors (Lipinski definition) is 1. The third-order valence-corrected chi connectivity index (χ3v) is 2.23. The van der Waals surface area contributed by atoms with Gasteiger partial charge < -0.3 is 9.72 Å². The molecule has 1 N–H and O–H groups in total. The summed E-state index contributed by atoms with van der Waals surface area (Å²) in [6.45, 7) is 0. The maximum Gasteiger partial charge on any atom is 0.326 e. The van der Waals surface area contributed by atoms with Crippen LogP contribution in [0.5, 0.6) is 0 Å². The molecular weight excluding hydrogens is 208 g/mol. The molecule has 2 rings (SSSR count). The molecule has 0 aliphatic carbocycles. The lowest BCUT2D eigenvalue weighted by molar-refractivity contribution is -0.377. The minimum atomic E-state index is -0.478. The first kappa shape index (κ1) is 10.2. The summed E-state index contributed by atoms with van der Waals surface area (Å²) in [5.74, 6) is 0.